The highest BCUT2D eigenvalue weighted by Crippen LogP contribution is 2.17. The number of hydrogen-bond acceptors (Lipinski definition) is 2. The lowest BCUT2D eigenvalue weighted by atomic mass is 10.1. The van der Waals surface area contributed by atoms with Crippen molar-refractivity contribution in [1.82, 2.24) is 14.8 Å². The lowest BCUT2D eigenvalue weighted by Crippen LogP contribution is -2.32. The molecule has 4 nitrogen and oxygen atoms in total. The molecule has 1 aliphatic heterocycles. The number of nitrogens with zero attached hydrogens (tertiary/aromatic N) is 2. The minimum absolute atomic E-state index is 0.0301. The summed E-state index contributed by atoms with van der Waals surface area (Å²) in [4.78, 5) is 14.6. The highest BCUT2D eigenvalue weighted by molar-refractivity contribution is 9.10. The van der Waals surface area contributed by atoms with Crippen LogP contribution in [0.1, 0.15) is 30.8 Å². The van der Waals surface area contributed by atoms with Gasteiger partial charge in [0.25, 0.3) is 5.91 Å². The van der Waals surface area contributed by atoms with Crippen molar-refractivity contribution >= 4 is 21.8 Å². The number of rotatable bonds is 5. The number of aryl methyl sites for hydroxylation is 1. The van der Waals surface area contributed by atoms with Crippen molar-refractivity contribution in [2.24, 2.45) is 5.92 Å². The summed E-state index contributed by atoms with van der Waals surface area (Å²) < 4.78 is 2.92. The summed E-state index contributed by atoms with van der Waals surface area (Å²) in [6, 6.07) is 1.88. The average Bonchev–Trinajstić information content (AvgIpc) is 3.01. The first-order chi connectivity index (χ1) is 9.13. The van der Waals surface area contributed by atoms with Crippen LogP contribution in [-0.2, 0) is 6.54 Å². The van der Waals surface area contributed by atoms with E-state index in [4.69, 9.17) is 0 Å². The number of aromatic nitrogens is 1. The van der Waals surface area contributed by atoms with Gasteiger partial charge in [-0.1, -0.05) is 6.92 Å². The Morgan fingerprint density at radius 1 is 1.47 bits per heavy atom. The number of carbonyl (C=O) groups excluding carboxylic acids is 1. The Labute approximate surface area is 123 Å². The maximum atomic E-state index is 12.2. The number of nitrogens with one attached hydrogen (secondary N) is 1. The first kappa shape index (κ1) is 14.6. The van der Waals surface area contributed by atoms with Crippen molar-refractivity contribution in [2.45, 2.75) is 26.8 Å². The fourth-order valence-corrected chi connectivity index (χ4v) is 3.09. The van der Waals surface area contributed by atoms with E-state index in [1.807, 2.05) is 23.8 Å². The fourth-order valence-electron chi connectivity index (χ4n) is 2.62. The third-order valence-electron chi connectivity index (χ3n) is 3.81. The molecule has 2 heterocycles. The zero-order valence-corrected chi connectivity index (χ0v) is 13.2. The van der Waals surface area contributed by atoms with E-state index in [0.717, 1.165) is 42.9 Å². The summed E-state index contributed by atoms with van der Waals surface area (Å²) in [6.07, 6.45) is 3.13. The summed E-state index contributed by atoms with van der Waals surface area (Å²) >= 11 is 3.42. The van der Waals surface area contributed by atoms with Gasteiger partial charge in [-0.3, -0.25) is 4.79 Å². The smallest absolute Gasteiger partial charge is 0.267 e. The largest absolute Gasteiger partial charge is 0.350 e. The number of halogens is 1. The van der Waals surface area contributed by atoms with Gasteiger partial charge >= 0.3 is 0 Å². The molecule has 1 atom stereocenters. The summed E-state index contributed by atoms with van der Waals surface area (Å²) in [5.41, 5.74) is 0.736. The number of hydrogen-bond donors (Lipinski definition) is 1. The highest BCUT2D eigenvalue weighted by Gasteiger charge is 2.22. The molecule has 1 fully saturated rings. The Kier molecular flexibility index (Phi) is 5.05. The van der Waals surface area contributed by atoms with E-state index in [1.165, 1.54) is 6.42 Å². The van der Waals surface area contributed by atoms with Gasteiger partial charge in [-0.05, 0) is 54.3 Å². The molecule has 0 aromatic carbocycles. The molecule has 0 radical (unpaired) electrons. The van der Waals surface area contributed by atoms with Crippen molar-refractivity contribution in [3.8, 4) is 0 Å². The number of amides is 1. The van der Waals surface area contributed by atoms with Crippen molar-refractivity contribution in [3.05, 3.63) is 22.4 Å². The van der Waals surface area contributed by atoms with Crippen LogP contribution in [0.3, 0.4) is 0 Å². The molecular formula is C14H22BrN3O. The van der Waals surface area contributed by atoms with Gasteiger partial charge in [-0.25, -0.2) is 0 Å². The molecular weight excluding hydrogens is 306 g/mol. The second-order valence-electron chi connectivity index (χ2n) is 5.09. The van der Waals surface area contributed by atoms with E-state index in [0.29, 0.717) is 5.92 Å². The lowest BCUT2D eigenvalue weighted by Gasteiger charge is -2.14. The van der Waals surface area contributed by atoms with E-state index in [2.05, 4.69) is 33.1 Å². The molecule has 2 rings (SSSR count). The van der Waals surface area contributed by atoms with Crippen LogP contribution in [0.25, 0.3) is 0 Å². The van der Waals surface area contributed by atoms with E-state index in [1.54, 1.807) is 0 Å². The molecule has 0 aliphatic carbocycles. The summed E-state index contributed by atoms with van der Waals surface area (Å²) in [7, 11) is 0. The molecule has 1 N–H and O–H groups in total. The Balaban J connectivity index is 1.87. The van der Waals surface area contributed by atoms with E-state index >= 15 is 0 Å². The molecule has 106 valence electrons. The summed E-state index contributed by atoms with van der Waals surface area (Å²) in [6.45, 7) is 9.19. The molecule has 5 heteroatoms. The minimum atomic E-state index is 0.0301. The Hall–Kier alpha value is -0.810. The van der Waals surface area contributed by atoms with Gasteiger partial charge in [0.15, 0.2) is 0 Å². The van der Waals surface area contributed by atoms with Gasteiger partial charge in [-0.2, -0.15) is 0 Å². The average molecular weight is 328 g/mol. The molecule has 1 saturated heterocycles. The molecule has 0 bridgehead atoms. The van der Waals surface area contributed by atoms with Gasteiger partial charge in [0, 0.05) is 30.3 Å². The predicted octanol–water partition coefficient (Wildman–Crippen LogP) is 2.34. The van der Waals surface area contributed by atoms with Crippen molar-refractivity contribution in [3.63, 3.8) is 0 Å². The van der Waals surface area contributed by atoms with Crippen LogP contribution in [-0.4, -0.2) is 41.6 Å². The quantitative estimate of drug-likeness (QED) is 0.901. The second kappa shape index (κ2) is 6.57. The Morgan fingerprint density at radius 2 is 2.26 bits per heavy atom. The SMILES string of the molecule is CCN1CCC(CNC(=O)c2cc(Br)cn2CC)C1. The maximum absolute atomic E-state index is 12.2. The van der Waals surface area contributed by atoms with E-state index < -0.39 is 0 Å². The predicted molar refractivity (Wildman–Crippen MR) is 80.4 cm³/mol. The molecule has 0 saturated carbocycles. The van der Waals surface area contributed by atoms with Crippen LogP contribution >= 0.6 is 15.9 Å². The topological polar surface area (TPSA) is 37.3 Å². The molecule has 1 amide bonds. The van der Waals surface area contributed by atoms with Gasteiger partial charge in [0.1, 0.15) is 5.69 Å². The van der Waals surface area contributed by atoms with Gasteiger partial charge < -0.3 is 14.8 Å². The first-order valence-electron chi connectivity index (χ1n) is 7.00. The third-order valence-corrected chi connectivity index (χ3v) is 4.24. The van der Waals surface area contributed by atoms with Crippen LogP contribution in [0.5, 0.6) is 0 Å². The molecule has 1 aromatic rings. The minimum Gasteiger partial charge on any atom is -0.350 e. The molecule has 1 unspecified atom stereocenters. The van der Waals surface area contributed by atoms with Crippen molar-refractivity contribution < 1.29 is 4.79 Å². The van der Waals surface area contributed by atoms with Crippen molar-refractivity contribution in [1.29, 1.82) is 0 Å². The van der Waals surface area contributed by atoms with Crippen LogP contribution in [0.4, 0.5) is 0 Å². The molecule has 1 aliphatic rings. The maximum Gasteiger partial charge on any atom is 0.267 e. The van der Waals surface area contributed by atoms with E-state index in [9.17, 15) is 4.79 Å². The lowest BCUT2D eigenvalue weighted by molar-refractivity contribution is 0.0938. The molecule has 0 spiro atoms. The Bertz CT molecular complexity index is 444. The van der Waals surface area contributed by atoms with Crippen LogP contribution in [0, 0.1) is 5.92 Å². The highest BCUT2D eigenvalue weighted by atomic mass is 79.9. The number of carbonyl (C=O) groups is 1. The second-order valence-corrected chi connectivity index (χ2v) is 6.00. The normalized spacial score (nSPS) is 19.8. The Morgan fingerprint density at radius 3 is 2.89 bits per heavy atom. The molecule has 1 aromatic heterocycles. The standard InChI is InChI=1S/C14H22BrN3O/c1-3-17-6-5-11(9-17)8-16-14(19)13-7-12(15)10-18(13)4-2/h7,10-11H,3-6,8-9H2,1-2H3,(H,16,19). The first-order valence-corrected chi connectivity index (χ1v) is 7.79. The summed E-state index contributed by atoms with van der Waals surface area (Å²) in [5.74, 6) is 0.625. The summed E-state index contributed by atoms with van der Waals surface area (Å²) in [5, 5.41) is 3.07. The van der Waals surface area contributed by atoms with Crippen LogP contribution in [0.15, 0.2) is 16.7 Å². The van der Waals surface area contributed by atoms with E-state index in [-0.39, 0.29) is 5.91 Å². The van der Waals surface area contributed by atoms with Crippen LogP contribution in [0.2, 0.25) is 0 Å². The van der Waals surface area contributed by atoms with Gasteiger partial charge in [-0.15, -0.1) is 0 Å². The zero-order valence-electron chi connectivity index (χ0n) is 11.7. The molecule has 19 heavy (non-hydrogen) atoms. The zero-order chi connectivity index (χ0) is 13.8. The van der Waals surface area contributed by atoms with Gasteiger partial charge in [0.2, 0.25) is 0 Å². The van der Waals surface area contributed by atoms with Crippen molar-refractivity contribution in [2.75, 3.05) is 26.2 Å². The van der Waals surface area contributed by atoms with Crippen LogP contribution < -0.4 is 5.32 Å². The number of likely N-dealkylation sites (tertiary alicyclic amines) is 1. The fraction of sp³-hybridized carbons (Fsp3) is 0.643. The van der Waals surface area contributed by atoms with Gasteiger partial charge in [0.05, 0.1) is 0 Å². The third kappa shape index (κ3) is 3.60. The monoisotopic (exact) mass is 327 g/mol.